The molecule has 0 bridgehead atoms. The Morgan fingerprint density at radius 1 is 1.06 bits per heavy atom. The molecule has 2 aliphatic rings. The van der Waals surface area contributed by atoms with Crippen LogP contribution >= 0.6 is 23.2 Å². The second-order valence-corrected chi connectivity index (χ2v) is 10.9. The van der Waals surface area contributed by atoms with E-state index in [0.717, 1.165) is 37.5 Å². The molecule has 0 aromatic heterocycles. The van der Waals surface area contributed by atoms with Crippen LogP contribution in [0.4, 0.5) is 0 Å². The van der Waals surface area contributed by atoms with Gasteiger partial charge in [-0.3, -0.25) is 14.6 Å². The molecule has 1 amide bonds. The summed E-state index contributed by atoms with van der Waals surface area (Å²) in [7, 11) is 0. The normalized spacial score (nSPS) is 23.5. The van der Waals surface area contributed by atoms with Crippen molar-refractivity contribution < 1.29 is 9.59 Å². The largest absolute Gasteiger partial charge is 0.308 e. The first-order valence-corrected chi connectivity index (χ1v) is 11.8. The van der Waals surface area contributed by atoms with Crippen LogP contribution in [-0.2, 0) is 11.3 Å². The van der Waals surface area contributed by atoms with E-state index < -0.39 is 5.66 Å². The van der Waals surface area contributed by atoms with Crippen LogP contribution in [0.25, 0.3) is 0 Å². The fraction of sp³-hybridized carbons (Fsp3) is 0.423. The highest BCUT2D eigenvalue weighted by Crippen LogP contribution is 2.47. The van der Waals surface area contributed by atoms with E-state index in [1.54, 1.807) is 30.3 Å². The number of aliphatic imine (C=N–C) groups is 1. The van der Waals surface area contributed by atoms with Crippen molar-refractivity contribution in [3.05, 3.63) is 69.2 Å². The fourth-order valence-electron chi connectivity index (χ4n) is 4.94. The molecule has 32 heavy (non-hydrogen) atoms. The van der Waals surface area contributed by atoms with Crippen molar-refractivity contribution in [1.82, 2.24) is 4.90 Å². The van der Waals surface area contributed by atoms with Crippen LogP contribution < -0.4 is 0 Å². The second kappa shape index (κ2) is 8.64. The molecule has 0 unspecified atom stereocenters. The van der Waals surface area contributed by atoms with Gasteiger partial charge in [0.05, 0.1) is 0 Å². The van der Waals surface area contributed by atoms with Gasteiger partial charge in [0, 0.05) is 27.7 Å². The Hall–Kier alpha value is -2.17. The highest BCUT2D eigenvalue weighted by Gasteiger charge is 2.50. The van der Waals surface area contributed by atoms with E-state index in [-0.39, 0.29) is 11.3 Å². The number of halogens is 2. The molecule has 6 heteroatoms. The Labute approximate surface area is 199 Å². The molecule has 1 aliphatic carbocycles. The van der Waals surface area contributed by atoms with Crippen LogP contribution in [0.3, 0.4) is 0 Å². The van der Waals surface area contributed by atoms with E-state index in [4.69, 9.17) is 28.2 Å². The predicted octanol–water partition coefficient (Wildman–Crippen LogP) is 6.57. The molecule has 1 spiro atoms. The van der Waals surface area contributed by atoms with Crippen molar-refractivity contribution in [2.45, 2.75) is 58.7 Å². The fourth-order valence-corrected chi connectivity index (χ4v) is 5.47. The molecular formula is C26H28Cl2N2O2. The maximum absolute atomic E-state index is 13.7. The van der Waals surface area contributed by atoms with Gasteiger partial charge in [0.1, 0.15) is 17.7 Å². The summed E-state index contributed by atoms with van der Waals surface area (Å²) < 4.78 is 0. The molecule has 2 aromatic rings. The van der Waals surface area contributed by atoms with E-state index in [1.807, 2.05) is 17.0 Å². The number of nitrogens with zero attached hydrogens (tertiary/aromatic N) is 2. The topological polar surface area (TPSA) is 49.7 Å². The van der Waals surface area contributed by atoms with Gasteiger partial charge >= 0.3 is 0 Å². The molecule has 4 nitrogen and oxygen atoms in total. The third-order valence-corrected chi connectivity index (χ3v) is 7.31. The second-order valence-electron chi connectivity index (χ2n) is 9.99. The lowest BCUT2D eigenvalue weighted by atomic mass is 9.69. The maximum Gasteiger partial charge on any atom is 0.274 e. The summed E-state index contributed by atoms with van der Waals surface area (Å²) in [5.41, 5.74) is 2.34. The van der Waals surface area contributed by atoms with Gasteiger partial charge in [-0.15, -0.1) is 0 Å². The minimum absolute atomic E-state index is 0.1000. The van der Waals surface area contributed by atoms with E-state index in [9.17, 15) is 9.59 Å². The monoisotopic (exact) mass is 470 g/mol. The standard InChI is InChI=1S/C26H28Cl2N2O2/c1-25(2,3)20-8-10-26(11-9-20)29-23(19-12-21(27)14-22(28)13-19)24(32)30(26)15-17-4-6-18(16-31)7-5-17/h4-7,12-14,16,20H,8-11,15H2,1-3H3. The van der Waals surface area contributed by atoms with Crippen LogP contribution in [-0.4, -0.2) is 28.5 Å². The Balaban J connectivity index is 1.70. The predicted molar refractivity (Wildman–Crippen MR) is 130 cm³/mol. The number of benzene rings is 2. The van der Waals surface area contributed by atoms with Crippen LogP contribution in [0.5, 0.6) is 0 Å². The highest BCUT2D eigenvalue weighted by molar-refractivity contribution is 6.47. The first-order valence-electron chi connectivity index (χ1n) is 11.0. The molecular weight excluding hydrogens is 443 g/mol. The van der Waals surface area contributed by atoms with Gasteiger partial charge in [0.15, 0.2) is 0 Å². The summed E-state index contributed by atoms with van der Waals surface area (Å²) in [5.74, 6) is 0.494. The zero-order chi connectivity index (χ0) is 23.1. The smallest absolute Gasteiger partial charge is 0.274 e. The molecule has 1 aliphatic heterocycles. The molecule has 4 rings (SSSR count). The minimum Gasteiger partial charge on any atom is -0.308 e. The number of amides is 1. The van der Waals surface area contributed by atoms with Crippen molar-refractivity contribution in [1.29, 1.82) is 0 Å². The van der Waals surface area contributed by atoms with Crippen molar-refractivity contribution in [3.8, 4) is 0 Å². The van der Waals surface area contributed by atoms with Gasteiger partial charge < -0.3 is 4.90 Å². The zero-order valence-electron chi connectivity index (χ0n) is 18.7. The number of hydrogen-bond acceptors (Lipinski definition) is 3. The van der Waals surface area contributed by atoms with Gasteiger partial charge in [-0.25, -0.2) is 0 Å². The van der Waals surface area contributed by atoms with Gasteiger partial charge in [0.2, 0.25) is 0 Å². The van der Waals surface area contributed by atoms with Gasteiger partial charge in [-0.1, -0.05) is 68.2 Å². The Kier molecular flexibility index (Phi) is 6.21. The van der Waals surface area contributed by atoms with Crippen molar-refractivity contribution in [3.63, 3.8) is 0 Å². The number of carbonyl (C=O) groups is 2. The first-order chi connectivity index (χ1) is 15.1. The Bertz CT molecular complexity index is 1040. The molecule has 0 saturated heterocycles. The highest BCUT2D eigenvalue weighted by atomic mass is 35.5. The summed E-state index contributed by atoms with van der Waals surface area (Å²) in [6, 6.07) is 12.5. The van der Waals surface area contributed by atoms with E-state index >= 15 is 0 Å². The van der Waals surface area contributed by atoms with Crippen LogP contribution in [0.2, 0.25) is 10.0 Å². The third-order valence-electron chi connectivity index (χ3n) is 6.87. The average Bonchev–Trinajstić information content (AvgIpc) is 2.99. The quantitative estimate of drug-likeness (QED) is 0.474. The zero-order valence-corrected chi connectivity index (χ0v) is 20.2. The van der Waals surface area contributed by atoms with Crippen molar-refractivity contribution in [2.75, 3.05) is 0 Å². The Morgan fingerprint density at radius 2 is 1.66 bits per heavy atom. The molecule has 0 N–H and O–H groups in total. The number of carbonyl (C=O) groups excluding carboxylic acids is 2. The van der Waals surface area contributed by atoms with Crippen molar-refractivity contribution >= 4 is 41.1 Å². The Morgan fingerprint density at radius 3 is 2.19 bits per heavy atom. The summed E-state index contributed by atoms with van der Waals surface area (Å²) >= 11 is 12.4. The minimum atomic E-state index is -0.563. The van der Waals surface area contributed by atoms with Crippen LogP contribution in [0, 0.1) is 11.3 Å². The molecule has 2 aromatic carbocycles. The van der Waals surface area contributed by atoms with E-state index in [1.165, 1.54) is 0 Å². The maximum atomic E-state index is 13.7. The summed E-state index contributed by atoms with van der Waals surface area (Å²) in [6.07, 6.45) is 4.51. The molecule has 1 fully saturated rings. The van der Waals surface area contributed by atoms with Gasteiger partial charge in [-0.2, -0.15) is 0 Å². The van der Waals surface area contributed by atoms with Crippen LogP contribution in [0.15, 0.2) is 47.5 Å². The molecule has 1 heterocycles. The SMILES string of the molecule is CC(C)(C)C1CCC2(CC1)N=C(c1cc(Cl)cc(Cl)c1)C(=O)N2Cc1ccc(C=O)cc1. The van der Waals surface area contributed by atoms with Crippen molar-refractivity contribution in [2.24, 2.45) is 16.3 Å². The number of aldehydes is 1. The summed E-state index contributed by atoms with van der Waals surface area (Å²) in [4.78, 5) is 31.6. The molecule has 0 atom stereocenters. The lowest BCUT2D eigenvalue weighted by Gasteiger charge is -2.44. The first kappa shape index (κ1) is 23.0. The molecule has 0 radical (unpaired) electrons. The van der Waals surface area contributed by atoms with Crippen LogP contribution in [0.1, 0.15) is 67.9 Å². The number of hydrogen-bond donors (Lipinski definition) is 0. The van der Waals surface area contributed by atoms with Gasteiger partial charge in [0.25, 0.3) is 5.91 Å². The third kappa shape index (κ3) is 4.49. The number of rotatable bonds is 4. The van der Waals surface area contributed by atoms with E-state index in [0.29, 0.717) is 39.3 Å². The van der Waals surface area contributed by atoms with E-state index in [2.05, 4.69) is 20.8 Å². The lowest BCUT2D eigenvalue weighted by molar-refractivity contribution is -0.130. The molecule has 168 valence electrons. The summed E-state index contributed by atoms with van der Waals surface area (Å²) in [5, 5.41) is 0.966. The average molecular weight is 471 g/mol. The van der Waals surface area contributed by atoms with Gasteiger partial charge in [-0.05, 0) is 60.8 Å². The summed E-state index contributed by atoms with van der Waals surface area (Å²) in [6.45, 7) is 7.29. The lowest BCUT2D eigenvalue weighted by Crippen LogP contribution is -2.49. The molecule has 1 saturated carbocycles.